The maximum absolute atomic E-state index is 13.3. The molecular formula is C36H52N2O8. The number of ether oxygens (including phenoxy) is 4. The molecule has 0 saturated heterocycles. The molecule has 254 valence electrons. The number of amides is 1. The van der Waals surface area contributed by atoms with E-state index >= 15 is 0 Å². The summed E-state index contributed by atoms with van der Waals surface area (Å²) in [7, 11) is 1.72. The van der Waals surface area contributed by atoms with Crippen molar-refractivity contribution in [3.63, 3.8) is 0 Å². The van der Waals surface area contributed by atoms with Crippen LogP contribution in [-0.2, 0) is 14.3 Å². The summed E-state index contributed by atoms with van der Waals surface area (Å²) in [5.41, 5.74) is 2.75. The van der Waals surface area contributed by atoms with Crippen molar-refractivity contribution in [2.45, 2.75) is 76.5 Å². The summed E-state index contributed by atoms with van der Waals surface area (Å²) in [5, 5.41) is 24.0. The number of fused-ring (bicyclic) bond motifs is 2. The number of benzene rings is 1. The van der Waals surface area contributed by atoms with Gasteiger partial charge < -0.3 is 38.9 Å². The minimum absolute atomic E-state index is 0.108. The Morgan fingerprint density at radius 1 is 1.09 bits per heavy atom. The maximum atomic E-state index is 13.3. The molecule has 1 heterocycles. The molecule has 6 atom stereocenters. The van der Waals surface area contributed by atoms with Crippen LogP contribution in [0.1, 0.15) is 70.3 Å². The number of hydrogen-bond acceptors (Lipinski definition) is 9. The van der Waals surface area contributed by atoms with Crippen molar-refractivity contribution >= 4 is 11.8 Å². The fourth-order valence-electron chi connectivity index (χ4n) is 7.47. The highest BCUT2D eigenvalue weighted by Crippen LogP contribution is 2.61. The first-order chi connectivity index (χ1) is 22.4. The zero-order valence-electron chi connectivity index (χ0n) is 27.7. The number of oxime groups is 1. The topological polar surface area (TPSA) is 119 Å². The van der Waals surface area contributed by atoms with Gasteiger partial charge in [-0.1, -0.05) is 42.8 Å². The number of rotatable bonds is 18. The normalized spacial score (nSPS) is 27.0. The van der Waals surface area contributed by atoms with Crippen LogP contribution in [0.2, 0.25) is 0 Å². The molecule has 3 aliphatic rings. The van der Waals surface area contributed by atoms with E-state index in [0.717, 1.165) is 49.0 Å². The van der Waals surface area contributed by atoms with Gasteiger partial charge in [0, 0.05) is 38.2 Å². The fraction of sp³-hybridized carbons (Fsp3) is 0.611. The number of aliphatic hydroxyl groups excluding tert-OH is 2. The van der Waals surface area contributed by atoms with Gasteiger partial charge in [-0.05, 0) is 75.1 Å². The average Bonchev–Trinajstić information content (AvgIpc) is 3.06. The highest BCUT2D eigenvalue weighted by atomic mass is 16.7. The summed E-state index contributed by atoms with van der Waals surface area (Å²) in [6.45, 7) is 12.9. The van der Waals surface area contributed by atoms with E-state index in [1.165, 1.54) is 0 Å². The van der Waals surface area contributed by atoms with Gasteiger partial charge in [0.1, 0.15) is 30.8 Å². The molecule has 0 bridgehead atoms. The van der Waals surface area contributed by atoms with E-state index in [-0.39, 0.29) is 50.1 Å². The molecule has 4 rings (SSSR count). The van der Waals surface area contributed by atoms with Gasteiger partial charge in [0.15, 0.2) is 0 Å². The van der Waals surface area contributed by atoms with Gasteiger partial charge in [-0.3, -0.25) is 0 Å². The Balaban J connectivity index is 2.00. The second-order valence-electron chi connectivity index (χ2n) is 12.1. The Bertz CT molecular complexity index is 1250. The van der Waals surface area contributed by atoms with E-state index in [4.69, 9.17) is 23.8 Å². The van der Waals surface area contributed by atoms with Crippen molar-refractivity contribution in [1.82, 2.24) is 4.90 Å². The van der Waals surface area contributed by atoms with Crippen LogP contribution in [0.5, 0.6) is 11.5 Å². The zero-order valence-corrected chi connectivity index (χ0v) is 27.7. The summed E-state index contributed by atoms with van der Waals surface area (Å²) < 4.78 is 25.3. The molecule has 0 spiro atoms. The van der Waals surface area contributed by atoms with Crippen LogP contribution in [0.4, 0.5) is 4.79 Å². The van der Waals surface area contributed by atoms with Crippen molar-refractivity contribution < 1.29 is 38.8 Å². The molecule has 10 heteroatoms. The third-order valence-electron chi connectivity index (χ3n) is 9.34. The Hall–Kier alpha value is -3.34. The lowest BCUT2D eigenvalue weighted by molar-refractivity contribution is -0.253. The average molecular weight is 641 g/mol. The quantitative estimate of drug-likeness (QED) is 0.114. The molecule has 1 fully saturated rings. The van der Waals surface area contributed by atoms with Gasteiger partial charge >= 0.3 is 6.09 Å². The first-order valence-electron chi connectivity index (χ1n) is 16.7. The number of allylic oxidation sites excluding steroid dienone is 1. The number of nitrogens with zero attached hydrogens (tertiary/aromatic N) is 2. The SMILES string of the molecule is C=CCOc1ccc2c(c1)[C@H]1[C@H](CCCCO)[C@@H](CCCCO)C=C3C(=NOCC)C[C@H](N(C)C(=O)OCC)[C@@](OCC=C)(O2)[C@H]31. The van der Waals surface area contributed by atoms with E-state index in [2.05, 4.69) is 30.5 Å². The molecular weight excluding hydrogens is 588 g/mol. The Kier molecular flexibility index (Phi) is 13.1. The molecule has 0 radical (unpaired) electrons. The molecule has 1 aliphatic heterocycles. The molecule has 0 aromatic heterocycles. The monoisotopic (exact) mass is 640 g/mol. The summed E-state index contributed by atoms with van der Waals surface area (Å²) in [4.78, 5) is 20.6. The third-order valence-corrected chi connectivity index (χ3v) is 9.34. The molecule has 1 amide bonds. The van der Waals surface area contributed by atoms with Crippen molar-refractivity contribution in [3.05, 3.63) is 60.7 Å². The summed E-state index contributed by atoms with van der Waals surface area (Å²) in [6.07, 6.45) is 10.5. The van der Waals surface area contributed by atoms with E-state index < -0.39 is 17.9 Å². The molecule has 1 aromatic rings. The maximum Gasteiger partial charge on any atom is 0.409 e. The van der Waals surface area contributed by atoms with Gasteiger partial charge in [0.05, 0.1) is 24.8 Å². The standard InChI is InChI=1S/C36H52N2O8/c1-6-20-43-26-16-17-31-29(23-26)33-27(15-11-13-19-40)25(14-10-12-18-39)22-28-30(37-45-9-4)24-32(38(5)35(41)42-8-3)36(46-31,34(28)33)44-21-7-2/h6-7,16-17,22-23,25,27,32-34,39-40H,1-2,8-15,18-21,24H2,3-5H3/t25-,27+,32-,33+,34+,36+/m0/s1. The lowest BCUT2D eigenvalue weighted by Gasteiger charge is -2.59. The first-order valence-corrected chi connectivity index (χ1v) is 16.7. The number of unbranched alkanes of at least 4 members (excludes halogenated alkanes) is 2. The van der Waals surface area contributed by atoms with Crippen molar-refractivity contribution in [1.29, 1.82) is 0 Å². The molecule has 0 unspecified atom stereocenters. The van der Waals surface area contributed by atoms with E-state index in [9.17, 15) is 15.0 Å². The lowest BCUT2D eigenvalue weighted by Crippen LogP contribution is -2.69. The largest absolute Gasteiger partial charge is 0.490 e. The molecule has 46 heavy (non-hydrogen) atoms. The van der Waals surface area contributed by atoms with Gasteiger partial charge in [-0.25, -0.2) is 4.79 Å². The van der Waals surface area contributed by atoms with E-state index in [0.29, 0.717) is 37.6 Å². The van der Waals surface area contributed by atoms with Crippen LogP contribution < -0.4 is 9.47 Å². The predicted molar refractivity (Wildman–Crippen MR) is 177 cm³/mol. The van der Waals surface area contributed by atoms with Crippen LogP contribution in [0.15, 0.2) is 60.3 Å². The second-order valence-corrected chi connectivity index (χ2v) is 12.1. The lowest BCUT2D eigenvalue weighted by atomic mass is 9.55. The molecule has 10 nitrogen and oxygen atoms in total. The van der Waals surface area contributed by atoms with Gasteiger partial charge in [-0.15, -0.1) is 6.58 Å². The number of aliphatic hydroxyl groups is 2. The second kappa shape index (κ2) is 17.0. The minimum Gasteiger partial charge on any atom is -0.490 e. The Morgan fingerprint density at radius 3 is 2.50 bits per heavy atom. The number of hydrogen-bond donors (Lipinski definition) is 2. The molecule has 2 aliphatic carbocycles. The van der Waals surface area contributed by atoms with Crippen LogP contribution in [0.3, 0.4) is 0 Å². The van der Waals surface area contributed by atoms with Gasteiger partial charge in [0.25, 0.3) is 0 Å². The highest BCUT2D eigenvalue weighted by Gasteiger charge is 2.65. The summed E-state index contributed by atoms with van der Waals surface area (Å²) in [6, 6.07) is 5.27. The third kappa shape index (κ3) is 7.45. The van der Waals surface area contributed by atoms with E-state index in [1.807, 2.05) is 19.1 Å². The zero-order chi connectivity index (χ0) is 33.1. The van der Waals surface area contributed by atoms with Crippen molar-refractivity contribution in [3.8, 4) is 11.5 Å². The minimum atomic E-state index is -1.29. The Morgan fingerprint density at radius 2 is 1.83 bits per heavy atom. The van der Waals surface area contributed by atoms with Gasteiger partial charge in [-0.2, -0.15) is 0 Å². The summed E-state index contributed by atoms with van der Waals surface area (Å²) in [5.74, 6) is -0.0774. The summed E-state index contributed by atoms with van der Waals surface area (Å²) >= 11 is 0. The van der Waals surface area contributed by atoms with Crippen LogP contribution >= 0.6 is 0 Å². The number of likely N-dealkylation sites (N-methyl/N-ethyl adjacent to an activating group) is 1. The van der Waals surface area contributed by atoms with Crippen molar-refractivity contribution in [2.75, 3.05) is 46.7 Å². The predicted octanol–water partition coefficient (Wildman–Crippen LogP) is 5.99. The molecule has 1 saturated carbocycles. The number of carbonyl (C=O) groups excluding carboxylic acids is 1. The van der Waals surface area contributed by atoms with Crippen molar-refractivity contribution in [2.24, 2.45) is 22.9 Å². The first kappa shape index (κ1) is 35.5. The molecule has 2 N–H and O–H groups in total. The fourth-order valence-corrected chi connectivity index (χ4v) is 7.47. The molecule has 1 aromatic carbocycles. The van der Waals surface area contributed by atoms with Gasteiger partial charge in [0.2, 0.25) is 5.79 Å². The Labute approximate surface area is 273 Å². The highest BCUT2D eigenvalue weighted by molar-refractivity contribution is 6.02. The van der Waals surface area contributed by atoms with Crippen LogP contribution in [-0.4, -0.2) is 85.4 Å². The van der Waals surface area contributed by atoms with Crippen LogP contribution in [0, 0.1) is 17.8 Å². The smallest absolute Gasteiger partial charge is 0.409 e. The van der Waals surface area contributed by atoms with Crippen LogP contribution in [0.25, 0.3) is 0 Å². The van der Waals surface area contributed by atoms with E-state index in [1.54, 1.807) is 31.0 Å². The number of carbonyl (C=O) groups is 1.